The van der Waals surface area contributed by atoms with E-state index in [1.807, 2.05) is 26.0 Å². The third kappa shape index (κ3) is 5.20. The first kappa shape index (κ1) is 23.6. The quantitative estimate of drug-likeness (QED) is 0.420. The number of aryl methyl sites for hydroxylation is 1. The van der Waals surface area contributed by atoms with Crippen LogP contribution in [0.5, 0.6) is 0 Å². The summed E-state index contributed by atoms with van der Waals surface area (Å²) in [6.07, 6.45) is 0. The van der Waals surface area contributed by atoms with E-state index in [0.29, 0.717) is 32.8 Å². The molecule has 0 fully saturated rings. The van der Waals surface area contributed by atoms with Crippen molar-refractivity contribution in [3.8, 4) is 0 Å². The molecule has 7 nitrogen and oxygen atoms in total. The molecular weight excluding hydrogens is 448 g/mol. The molecule has 1 heterocycles. The summed E-state index contributed by atoms with van der Waals surface area (Å²) in [5.74, 6) is -0.413. The largest absolute Gasteiger partial charge is 0.463 e. The Labute approximate surface area is 197 Å². The summed E-state index contributed by atoms with van der Waals surface area (Å²) in [5.41, 5.74) is 4.02. The molecule has 9 heteroatoms. The zero-order valence-electron chi connectivity index (χ0n) is 18.3. The maximum atomic E-state index is 12.7. The molecule has 0 bridgehead atoms. The summed E-state index contributed by atoms with van der Waals surface area (Å²) in [5, 5.41) is 9.82. The molecule has 3 rings (SSSR count). The summed E-state index contributed by atoms with van der Waals surface area (Å²) in [4.78, 5) is 26.9. The van der Waals surface area contributed by atoms with E-state index >= 15 is 0 Å². The Morgan fingerprint density at radius 1 is 1.16 bits per heavy atom. The summed E-state index contributed by atoms with van der Waals surface area (Å²) in [6, 6.07) is 11.6. The number of halogens is 1. The first-order valence-electron chi connectivity index (χ1n) is 10.1. The maximum Gasteiger partial charge on any atom is 0.338 e. The molecule has 2 aromatic rings. The van der Waals surface area contributed by atoms with Gasteiger partial charge in [0.05, 0.1) is 18.2 Å². The van der Waals surface area contributed by atoms with Crippen molar-refractivity contribution in [1.29, 1.82) is 0 Å². The van der Waals surface area contributed by atoms with Crippen LogP contribution in [-0.4, -0.2) is 35.7 Å². The number of rotatable bonds is 5. The molecule has 0 saturated heterocycles. The van der Waals surface area contributed by atoms with E-state index in [1.165, 1.54) is 0 Å². The van der Waals surface area contributed by atoms with Crippen LogP contribution in [0.25, 0.3) is 0 Å². The Hall–Kier alpha value is -3.10. The Morgan fingerprint density at radius 2 is 1.84 bits per heavy atom. The molecule has 3 N–H and O–H groups in total. The van der Waals surface area contributed by atoms with Crippen molar-refractivity contribution in [3.63, 3.8) is 0 Å². The fraction of sp³-hybridized carbons (Fsp3) is 0.261. The molecule has 1 unspecified atom stereocenters. The Morgan fingerprint density at radius 3 is 2.50 bits per heavy atom. The number of nitrogens with one attached hydrogen (secondary N) is 3. The fourth-order valence-electron chi connectivity index (χ4n) is 3.32. The predicted octanol–water partition coefficient (Wildman–Crippen LogP) is 4.99. The van der Waals surface area contributed by atoms with Crippen LogP contribution < -0.4 is 16.0 Å². The Kier molecular flexibility index (Phi) is 7.37. The molecule has 0 radical (unpaired) electrons. The number of hydrogen-bond donors (Lipinski definition) is 3. The van der Waals surface area contributed by atoms with Gasteiger partial charge in [0.15, 0.2) is 5.11 Å². The van der Waals surface area contributed by atoms with E-state index in [1.54, 1.807) is 49.2 Å². The second-order valence-corrected chi connectivity index (χ2v) is 8.12. The molecule has 0 aromatic heterocycles. The normalized spacial score (nSPS) is 15.8. The van der Waals surface area contributed by atoms with Gasteiger partial charge in [-0.15, -0.1) is 0 Å². The lowest BCUT2D eigenvalue weighted by molar-refractivity contribution is -0.139. The number of hydrogen-bond acceptors (Lipinski definition) is 4. The fourth-order valence-corrected chi connectivity index (χ4v) is 3.75. The number of benzene rings is 2. The van der Waals surface area contributed by atoms with E-state index in [2.05, 4.69) is 16.0 Å². The van der Waals surface area contributed by atoms with Gasteiger partial charge in [0.2, 0.25) is 0 Å². The first-order valence-corrected chi connectivity index (χ1v) is 10.9. The van der Waals surface area contributed by atoms with Gasteiger partial charge < -0.3 is 25.6 Å². The topological polar surface area (TPSA) is 82.7 Å². The number of nitrogens with zero attached hydrogens (tertiary/aromatic N) is 1. The third-order valence-electron chi connectivity index (χ3n) is 5.16. The minimum absolute atomic E-state index is 0.265. The van der Waals surface area contributed by atoms with Crippen LogP contribution in [0.4, 0.5) is 16.2 Å². The molecule has 0 aliphatic carbocycles. The van der Waals surface area contributed by atoms with Crippen LogP contribution in [0.2, 0.25) is 5.02 Å². The van der Waals surface area contributed by atoms with Crippen LogP contribution in [0.1, 0.15) is 31.0 Å². The van der Waals surface area contributed by atoms with Gasteiger partial charge in [0.1, 0.15) is 0 Å². The number of carbonyl (C=O) groups excluding carboxylic acids is 2. The van der Waals surface area contributed by atoms with Crippen LogP contribution >= 0.6 is 23.8 Å². The van der Waals surface area contributed by atoms with Gasteiger partial charge in [0.25, 0.3) is 0 Å². The van der Waals surface area contributed by atoms with Gasteiger partial charge in [0, 0.05) is 29.1 Å². The third-order valence-corrected chi connectivity index (χ3v) is 5.96. The number of carbonyl (C=O) groups is 2. The lowest BCUT2D eigenvalue weighted by atomic mass is 9.95. The average Bonchev–Trinajstić information content (AvgIpc) is 2.74. The minimum Gasteiger partial charge on any atom is -0.463 e. The van der Waals surface area contributed by atoms with Crippen LogP contribution in [0.3, 0.4) is 0 Å². The van der Waals surface area contributed by atoms with Crippen LogP contribution in [0.15, 0.2) is 53.7 Å². The number of amides is 2. The van der Waals surface area contributed by atoms with Gasteiger partial charge in [-0.2, -0.15) is 0 Å². The molecular formula is C23H25ClN4O3S. The van der Waals surface area contributed by atoms with Crippen molar-refractivity contribution in [2.45, 2.75) is 26.8 Å². The second-order valence-electron chi connectivity index (χ2n) is 7.33. The second kappa shape index (κ2) is 10.0. The SMILES string of the molecule is CCOC(=O)C1=C(C)N(C)C(=S)NC1c1cccc(NC(=O)Nc2ccc(C)c(Cl)c2)c1. The van der Waals surface area contributed by atoms with E-state index in [0.717, 1.165) is 11.1 Å². The van der Waals surface area contributed by atoms with Crippen LogP contribution in [0, 0.1) is 6.92 Å². The van der Waals surface area contributed by atoms with Gasteiger partial charge >= 0.3 is 12.0 Å². The highest BCUT2D eigenvalue weighted by molar-refractivity contribution is 7.80. The smallest absolute Gasteiger partial charge is 0.338 e. The lowest BCUT2D eigenvalue weighted by Gasteiger charge is -2.35. The molecule has 1 atom stereocenters. The van der Waals surface area contributed by atoms with Gasteiger partial charge in [-0.05, 0) is 68.4 Å². The highest BCUT2D eigenvalue weighted by Gasteiger charge is 2.33. The highest BCUT2D eigenvalue weighted by Crippen LogP contribution is 2.32. The number of anilines is 2. The standard InChI is InChI=1S/C23H25ClN4O3S/c1-5-31-21(29)19-14(3)28(4)23(32)27-20(19)15-7-6-8-16(11-15)25-22(30)26-17-10-9-13(2)18(24)12-17/h6-12,20H,5H2,1-4H3,(H,27,32)(H2,25,26,30). The lowest BCUT2D eigenvalue weighted by Crippen LogP contribution is -2.46. The van der Waals surface area contributed by atoms with Crippen molar-refractivity contribution in [2.75, 3.05) is 24.3 Å². The summed E-state index contributed by atoms with van der Waals surface area (Å²) < 4.78 is 5.27. The zero-order chi connectivity index (χ0) is 23.4. The summed E-state index contributed by atoms with van der Waals surface area (Å²) in [7, 11) is 1.79. The highest BCUT2D eigenvalue weighted by atomic mass is 35.5. The number of allylic oxidation sites excluding steroid dienone is 1. The number of ether oxygens (including phenoxy) is 1. The van der Waals surface area contributed by atoms with E-state index in [9.17, 15) is 9.59 Å². The van der Waals surface area contributed by atoms with Crippen molar-refractivity contribution >= 4 is 52.3 Å². The molecule has 1 aliphatic rings. The Bertz CT molecular complexity index is 1100. The van der Waals surface area contributed by atoms with Gasteiger partial charge in [-0.1, -0.05) is 29.8 Å². The molecule has 0 saturated carbocycles. The van der Waals surface area contributed by atoms with E-state index in [4.69, 9.17) is 28.6 Å². The number of urea groups is 1. The molecule has 168 valence electrons. The summed E-state index contributed by atoms with van der Waals surface area (Å²) >= 11 is 11.5. The minimum atomic E-state index is -0.501. The maximum absolute atomic E-state index is 12.7. The van der Waals surface area contributed by atoms with Crippen molar-refractivity contribution in [3.05, 3.63) is 69.9 Å². The van der Waals surface area contributed by atoms with E-state index < -0.39 is 18.0 Å². The molecule has 2 amide bonds. The van der Waals surface area contributed by atoms with Gasteiger partial charge in [-0.25, -0.2) is 9.59 Å². The molecule has 2 aromatic carbocycles. The van der Waals surface area contributed by atoms with Crippen LogP contribution in [-0.2, 0) is 9.53 Å². The first-order chi connectivity index (χ1) is 15.2. The van der Waals surface area contributed by atoms with Crippen molar-refractivity contribution in [2.24, 2.45) is 0 Å². The number of thiocarbonyl (C=S) groups is 1. The zero-order valence-corrected chi connectivity index (χ0v) is 19.9. The molecule has 1 aliphatic heterocycles. The van der Waals surface area contributed by atoms with Crippen molar-refractivity contribution < 1.29 is 14.3 Å². The predicted molar refractivity (Wildman–Crippen MR) is 131 cm³/mol. The van der Waals surface area contributed by atoms with E-state index in [-0.39, 0.29) is 6.61 Å². The monoisotopic (exact) mass is 472 g/mol. The Balaban J connectivity index is 1.83. The molecule has 32 heavy (non-hydrogen) atoms. The van der Waals surface area contributed by atoms with Gasteiger partial charge in [-0.3, -0.25) is 0 Å². The van der Waals surface area contributed by atoms with Crippen molar-refractivity contribution in [1.82, 2.24) is 10.2 Å². The average molecular weight is 473 g/mol. The number of esters is 1. The summed E-state index contributed by atoms with van der Waals surface area (Å²) in [6.45, 7) is 5.74. The molecule has 0 spiro atoms.